The Hall–Kier alpha value is -2.40. The molecular formula is C18H13O5PS. The maximum Gasteiger partial charge on any atom is 0.425 e. The van der Waals surface area contributed by atoms with E-state index in [1.54, 1.807) is 60.7 Å². The van der Waals surface area contributed by atoms with E-state index < -0.39 is 17.7 Å². The van der Waals surface area contributed by atoms with Crippen molar-refractivity contribution in [2.75, 3.05) is 0 Å². The number of benzene rings is 3. The largest absolute Gasteiger partial charge is 0.425 e. The standard InChI is InChI=1S/C18H13O5PS/c19-24(14-8-2-1-3-9-14)22-17-12-6-4-10-15(17)16-11-5-7-13-18(16)25(20,21)23-24/h1-13H. The monoisotopic (exact) mass is 372 g/mol. The molecule has 0 fully saturated rings. The Kier molecular flexibility index (Phi) is 3.76. The second kappa shape index (κ2) is 5.85. The zero-order chi connectivity index (χ0) is 17.5. The fourth-order valence-electron chi connectivity index (χ4n) is 2.70. The minimum absolute atomic E-state index is 0.0399. The van der Waals surface area contributed by atoms with Crippen LogP contribution in [-0.2, 0) is 18.7 Å². The molecule has 0 aliphatic carbocycles. The third kappa shape index (κ3) is 2.78. The maximum absolute atomic E-state index is 13.4. The van der Waals surface area contributed by atoms with Crippen molar-refractivity contribution in [1.82, 2.24) is 0 Å². The summed E-state index contributed by atoms with van der Waals surface area (Å²) in [5.74, 6) is 0.303. The van der Waals surface area contributed by atoms with E-state index in [2.05, 4.69) is 0 Å². The van der Waals surface area contributed by atoms with Crippen LogP contribution < -0.4 is 9.83 Å². The summed E-state index contributed by atoms with van der Waals surface area (Å²) in [5.41, 5.74) is 0.985. The van der Waals surface area contributed by atoms with Crippen LogP contribution in [0.2, 0.25) is 0 Å². The topological polar surface area (TPSA) is 69.7 Å². The quantitative estimate of drug-likeness (QED) is 0.605. The van der Waals surface area contributed by atoms with E-state index in [9.17, 15) is 13.0 Å². The molecule has 1 unspecified atom stereocenters. The Balaban J connectivity index is 2.02. The van der Waals surface area contributed by atoms with E-state index in [0.717, 1.165) is 0 Å². The Labute approximate surface area is 145 Å². The summed E-state index contributed by atoms with van der Waals surface area (Å²) in [6.45, 7) is 0. The van der Waals surface area contributed by atoms with Gasteiger partial charge in [-0.3, -0.25) is 0 Å². The van der Waals surface area contributed by atoms with Crippen LogP contribution in [0.3, 0.4) is 0 Å². The van der Waals surface area contributed by atoms with Crippen LogP contribution in [0, 0.1) is 0 Å². The number of fused-ring (bicyclic) bond motifs is 3. The van der Waals surface area contributed by atoms with Gasteiger partial charge in [0.1, 0.15) is 10.6 Å². The minimum Gasteiger partial charge on any atom is -0.420 e. The molecule has 3 aromatic carbocycles. The van der Waals surface area contributed by atoms with Crippen molar-refractivity contribution in [3.8, 4) is 16.9 Å². The Morgan fingerprint density at radius 1 is 0.720 bits per heavy atom. The molecule has 5 nitrogen and oxygen atoms in total. The number of para-hydroxylation sites is 1. The molecule has 1 aliphatic heterocycles. The summed E-state index contributed by atoms with van der Waals surface area (Å²) in [6.07, 6.45) is 0. The van der Waals surface area contributed by atoms with Gasteiger partial charge in [-0.05, 0) is 24.3 Å². The third-order valence-electron chi connectivity index (χ3n) is 3.82. The molecule has 25 heavy (non-hydrogen) atoms. The Morgan fingerprint density at radius 3 is 2.08 bits per heavy atom. The normalized spacial score (nSPS) is 21.1. The number of hydrogen-bond acceptors (Lipinski definition) is 5. The van der Waals surface area contributed by atoms with Gasteiger partial charge >= 0.3 is 17.7 Å². The van der Waals surface area contributed by atoms with Crippen LogP contribution in [0.4, 0.5) is 0 Å². The molecule has 7 heteroatoms. The number of rotatable bonds is 1. The molecule has 0 radical (unpaired) electrons. The first-order valence-electron chi connectivity index (χ1n) is 7.49. The lowest BCUT2D eigenvalue weighted by Crippen LogP contribution is -2.18. The summed E-state index contributed by atoms with van der Waals surface area (Å²) >= 11 is 0. The van der Waals surface area contributed by atoms with Crippen LogP contribution in [0.1, 0.15) is 0 Å². The van der Waals surface area contributed by atoms with Crippen molar-refractivity contribution in [1.29, 1.82) is 0 Å². The molecule has 0 bridgehead atoms. The van der Waals surface area contributed by atoms with E-state index in [1.165, 1.54) is 18.2 Å². The molecule has 0 amide bonds. The second-order valence-corrected chi connectivity index (χ2v) is 9.08. The van der Waals surface area contributed by atoms with Gasteiger partial charge in [-0.15, -0.1) is 0 Å². The highest BCUT2D eigenvalue weighted by Gasteiger charge is 2.40. The van der Waals surface area contributed by atoms with Crippen LogP contribution in [-0.4, -0.2) is 8.42 Å². The highest BCUT2D eigenvalue weighted by Crippen LogP contribution is 2.54. The number of hydrogen-bond donors (Lipinski definition) is 0. The van der Waals surface area contributed by atoms with Gasteiger partial charge < -0.3 is 4.52 Å². The molecule has 0 saturated heterocycles. The fourth-order valence-corrected chi connectivity index (χ4v) is 6.27. The lowest BCUT2D eigenvalue weighted by Gasteiger charge is -2.24. The smallest absolute Gasteiger partial charge is 0.420 e. The van der Waals surface area contributed by atoms with Crippen molar-refractivity contribution in [2.45, 2.75) is 4.90 Å². The molecule has 0 saturated carbocycles. The molecular weight excluding hydrogens is 359 g/mol. The second-order valence-electron chi connectivity index (χ2n) is 5.45. The highest BCUT2D eigenvalue weighted by atomic mass is 32.2. The van der Waals surface area contributed by atoms with Gasteiger partial charge in [0.15, 0.2) is 0 Å². The van der Waals surface area contributed by atoms with Crippen molar-refractivity contribution in [3.63, 3.8) is 0 Å². The van der Waals surface area contributed by atoms with Gasteiger partial charge in [0, 0.05) is 11.1 Å². The van der Waals surface area contributed by atoms with Gasteiger partial charge in [0.25, 0.3) is 0 Å². The Bertz CT molecular complexity index is 1090. The van der Waals surface area contributed by atoms with E-state index in [0.29, 0.717) is 16.9 Å². The molecule has 3 aromatic rings. The van der Waals surface area contributed by atoms with Crippen LogP contribution in [0.5, 0.6) is 5.75 Å². The lowest BCUT2D eigenvalue weighted by atomic mass is 10.0. The van der Waals surface area contributed by atoms with Crippen molar-refractivity contribution >= 4 is 23.0 Å². The first-order valence-corrected chi connectivity index (χ1v) is 10.4. The van der Waals surface area contributed by atoms with Gasteiger partial charge in [-0.1, -0.05) is 54.6 Å². The van der Waals surface area contributed by atoms with Crippen molar-refractivity contribution < 1.29 is 21.5 Å². The van der Waals surface area contributed by atoms with E-state index in [1.807, 2.05) is 0 Å². The zero-order valence-electron chi connectivity index (χ0n) is 12.9. The summed E-state index contributed by atoms with van der Waals surface area (Å²) in [7, 11) is -8.42. The molecule has 1 atom stereocenters. The average molecular weight is 372 g/mol. The van der Waals surface area contributed by atoms with Crippen LogP contribution in [0.15, 0.2) is 83.8 Å². The van der Waals surface area contributed by atoms with Crippen molar-refractivity contribution in [3.05, 3.63) is 78.9 Å². The summed E-state index contributed by atoms with van der Waals surface area (Å²) in [4.78, 5) is -0.0399. The summed E-state index contributed by atoms with van der Waals surface area (Å²) < 4.78 is 49.7. The third-order valence-corrected chi connectivity index (χ3v) is 7.65. The van der Waals surface area contributed by atoms with Crippen molar-refractivity contribution in [2.24, 2.45) is 0 Å². The van der Waals surface area contributed by atoms with Crippen LogP contribution >= 0.6 is 7.60 Å². The molecule has 0 N–H and O–H groups in total. The minimum atomic E-state index is -4.29. The zero-order valence-corrected chi connectivity index (χ0v) is 14.6. The van der Waals surface area contributed by atoms with Crippen LogP contribution in [0.25, 0.3) is 11.1 Å². The predicted octanol–water partition coefficient (Wildman–Crippen LogP) is 3.97. The van der Waals surface area contributed by atoms with Gasteiger partial charge in [-0.2, -0.15) is 12.4 Å². The average Bonchev–Trinajstić information content (AvgIpc) is 2.62. The van der Waals surface area contributed by atoms with E-state index in [4.69, 9.17) is 8.49 Å². The maximum atomic E-state index is 13.4. The van der Waals surface area contributed by atoms with Gasteiger partial charge in [-0.25, -0.2) is 4.57 Å². The van der Waals surface area contributed by atoms with Gasteiger partial charge in [0.2, 0.25) is 0 Å². The lowest BCUT2D eigenvalue weighted by molar-refractivity contribution is 0.393. The van der Waals surface area contributed by atoms with E-state index >= 15 is 0 Å². The predicted molar refractivity (Wildman–Crippen MR) is 94.5 cm³/mol. The van der Waals surface area contributed by atoms with Gasteiger partial charge in [0.05, 0.1) is 5.30 Å². The van der Waals surface area contributed by atoms with E-state index in [-0.39, 0.29) is 10.2 Å². The molecule has 4 rings (SSSR count). The summed E-state index contributed by atoms with van der Waals surface area (Å²) in [6, 6.07) is 21.3. The molecule has 1 aliphatic rings. The molecule has 0 aromatic heterocycles. The highest BCUT2D eigenvalue weighted by molar-refractivity contribution is 7.92. The molecule has 1 heterocycles. The first-order chi connectivity index (χ1) is 12.0. The molecule has 0 spiro atoms. The summed E-state index contributed by atoms with van der Waals surface area (Å²) in [5, 5.41) is 0.174. The molecule has 126 valence electrons. The first kappa shape index (κ1) is 16.1. The SMILES string of the molecule is O=P1(c2ccccc2)Oc2ccccc2-c2ccccc2S(=O)(=O)O1. The fraction of sp³-hybridized carbons (Fsp3) is 0. The Morgan fingerprint density at radius 2 is 1.32 bits per heavy atom.